The van der Waals surface area contributed by atoms with E-state index in [1.54, 1.807) is 19.1 Å². The summed E-state index contributed by atoms with van der Waals surface area (Å²) in [6.45, 7) is 5.75. The van der Waals surface area contributed by atoms with Crippen molar-refractivity contribution in [2.24, 2.45) is 11.8 Å². The molecule has 4 rings (SSSR count). The van der Waals surface area contributed by atoms with Crippen molar-refractivity contribution in [3.63, 3.8) is 0 Å². The topological polar surface area (TPSA) is 124 Å². The maximum absolute atomic E-state index is 12.9. The molecule has 0 aromatic heterocycles. The third-order valence-corrected chi connectivity index (χ3v) is 8.39. The van der Waals surface area contributed by atoms with Gasteiger partial charge in [0.1, 0.15) is 12.4 Å². The van der Waals surface area contributed by atoms with Gasteiger partial charge >= 0.3 is 13.1 Å². The van der Waals surface area contributed by atoms with Crippen LogP contribution in [0.15, 0.2) is 35.2 Å². The number of fused-ring (bicyclic) bond motifs is 2. The monoisotopic (exact) mass is 498 g/mol. The van der Waals surface area contributed by atoms with Crippen molar-refractivity contribution in [3.8, 4) is 0 Å². The van der Waals surface area contributed by atoms with Gasteiger partial charge in [0, 0.05) is 17.5 Å². The summed E-state index contributed by atoms with van der Waals surface area (Å²) in [7, 11) is -4.62. The van der Waals surface area contributed by atoms with Gasteiger partial charge in [-0.25, -0.2) is 8.42 Å². The fourth-order valence-electron chi connectivity index (χ4n) is 4.70. The molecule has 0 spiro atoms. The van der Waals surface area contributed by atoms with Gasteiger partial charge in [0.2, 0.25) is 0 Å². The first kappa shape index (κ1) is 25.3. The zero-order chi connectivity index (χ0) is 25.5. The van der Waals surface area contributed by atoms with Crippen molar-refractivity contribution in [1.29, 1.82) is 0 Å². The number of rotatable bonds is 8. The van der Waals surface area contributed by atoms with Gasteiger partial charge in [-0.2, -0.15) is 0 Å². The van der Waals surface area contributed by atoms with Crippen LogP contribution in [0.3, 0.4) is 0 Å². The zero-order valence-electron chi connectivity index (χ0n) is 19.9. The molecule has 0 saturated carbocycles. The predicted molar refractivity (Wildman–Crippen MR) is 128 cm³/mol. The first-order chi connectivity index (χ1) is 16.5. The van der Waals surface area contributed by atoms with Gasteiger partial charge in [0.05, 0.1) is 17.4 Å². The molecule has 1 atom stereocenters. The molecule has 0 aliphatic carbocycles. The third-order valence-electron chi connectivity index (χ3n) is 6.72. The number of hydrogen-bond donors (Lipinski definition) is 1. The number of hydrogen-bond acceptors (Lipinski definition) is 8. The lowest BCUT2D eigenvalue weighted by molar-refractivity contribution is -0.151. The fraction of sp³-hybridized carbons (Fsp3) is 0.400. The second-order valence-corrected chi connectivity index (χ2v) is 11.4. The van der Waals surface area contributed by atoms with Crippen LogP contribution >= 0.6 is 0 Å². The molecular weight excluding hydrogens is 471 g/mol. The lowest BCUT2D eigenvalue weighted by atomic mass is 9.74. The Balaban J connectivity index is 1.40. The molecule has 184 valence electrons. The summed E-state index contributed by atoms with van der Waals surface area (Å²) in [4.78, 5) is 37.8. The SMILES string of the molecule is Cc1c(C(=O)CC[C@H](C(=O)OCc2ccc3c(c2)C(=O)CS3(=O)=O)C(C)C)ccc2c1B(O)OC2. The van der Waals surface area contributed by atoms with Crippen molar-refractivity contribution < 1.29 is 37.2 Å². The number of esters is 1. The summed E-state index contributed by atoms with van der Waals surface area (Å²) in [6.07, 6.45) is 0.436. The van der Waals surface area contributed by atoms with Gasteiger partial charge in [0.25, 0.3) is 0 Å². The van der Waals surface area contributed by atoms with Crippen molar-refractivity contribution in [2.45, 2.75) is 51.7 Å². The maximum Gasteiger partial charge on any atom is 0.492 e. The molecular formula is C25H27BO8S. The molecule has 0 fully saturated rings. The van der Waals surface area contributed by atoms with Gasteiger partial charge in [-0.3, -0.25) is 14.4 Å². The Bertz CT molecular complexity index is 1310. The minimum absolute atomic E-state index is 0.0112. The molecule has 0 radical (unpaired) electrons. The highest BCUT2D eigenvalue weighted by Crippen LogP contribution is 2.28. The predicted octanol–water partition coefficient (Wildman–Crippen LogP) is 2.16. The molecule has 35 heavy (non-hydrogen) atoms. The van der Waals surface area contributed by atoms with E-state index in [0.717, 1.165) is 5.56 Å². The number of Topliss-reactive ketones (excluding diaryl/α,β-unsaturated/α-hetero) is 2. The van der Waals surface area contributed by atoms with E-state index in [1.165, 1.54) is 18.2 Å². The highest BCUT2D eigenvalue weighted by atomic mass is 32.2. The largest absolute Gasteiger partial charge is 0.492 e. The van der Waals surface area contributed by atoms with Crippen molar-refractivity contribution in [2.75, 3.05) is 5.75 Å². The molecule has 10 heteroatoms. The van der Waals surface area contributed by atoms with Crippen molar-refractivity contribution >= 4 is 40.0 Å². The zero-order valence-corrected chi connectivity index (χ0v) is 20.7. The van der Waals surface area contributed by atoms with Crippen LogP contribution in [-0.2, 0) is 37.2 Å². The van der Waals surface area contributed by atoms with E-state index in [9.17, 15) is 27.8 Å². The molecule has 0 amide bonds. The Kier molecular flexibility index (Phi) is 6.99. The Morgan fingerprint density at radius 1 is 1.20 bits per heavy atom. The Labute approximate surface area is 204 Å². The van der Waals surface area contributed by atoms with E-state index >= 15 is 0 Å². The first-order valence-corrected chi connectivity index (χ1v) is 13.2. The molecule has 2 heterocycles. The van der Waals surface area contributed by atoms with Gasteiger partial charge in [-0.05, 0) is 53.5 Å². The van der Waals surface area contributed by atoms with Crippen LogP contribution in [0.2, 0.25) is 0 Å². The molecule has 8 nitrogen and oxygen atoms in total. The average Bonchev–Trinajstić information content (AvgIpc) is 3.28. The smallest absolute Gasteiger partial charge is 0.461 e. The lowest BCUT2D eigenvalue weighted by Gasteiger charge is -2.19. The quantitative estimate of drug-likeness (QED) is 0.334. The molecule has 2 aromatic rings. The van der Waals surface area contributed by atoms with Crippen LogP contribution in [0.25, 0.3) is 0 Å². The Morgan fingerprint density at radius 3 is 2.66 bits per heavy atom. The van der Waals surface area contributed by atoms with Gasteiger partial charge in [0.15, 0.2) is 21.4 Å². The molecule has 2 aliphatic rings. The van der Waals surface area contributed by atoms with Crippen LogP contribution < -0.4 is 5.46 Å². The Hall–Kier alpha value is -2.82. The number of ether oxygens (including phenoxy) is 1. The number of sulfone groups is 1. The summed E-state index contributed by atoms with van der Waals surface area (Å²) in [5, 5.41) is 10.0. The fourth-order valence-corrected chi connectivity index (χ4v) is 6.14. The van der Waals surface area contributed by atoms with Gasteiger partial charge < -0.3 is 14.4 Å². The second-order valence-electron chi connectivity index (χ2n) is 9.41. The highest BCUT2D eigenvalue weighted by molar-refractivity contribution is 7.92. The van der Waals surface area contributed by atoms with Gasteiger partial charge in [-0.1, -0.05) is 32.0 Å². The summed E-state index contributed by atoms with van der Waals surface area (Å²) < 4.78 is 34.7. The van der Waals surface area contributed by atoms with E-state index in [2.05, 4.69) is 0 Å². The maximum atomic E-state index is 12.9. The summed E-state index contributed by atoms with van der Waals surface area (Å²) in [6, 6.07) is 7.88. The molecule has 2 aromatic carbocycles. The number of ketones is 2. The summed E-state index contributed by atoms with van der Waals surface area (Å²) in [5.74, 6) is -2.17. The molecule has 1 N–H and O–H groups in total. The van der Waals surface area contributed by atoms with Gasteiger partial charge in [-0.15, -0.1) is 0 Å². The molecule has 0 unspecified atom stereocenters. The summed E-state index contributed by atoms with van der Waals surface area (Å²) in [5.41, 5.74) is 3.34. The van der Waals surface area contributed by atoms with Crippen LogP contribution in [-0.4, -0.2) is 43.8 Å². The first-order valence-electron chi connectivity index (χ1n) is 11.5. The highest BCUT2D eigenvalue weighted by Gasteiger charge is 2.34. The standard InChI is InChI=1S/C25H27BO8S/c1-14(2)18(7-8-21(27)19-6-5-17-12-34-26(30)24(17)15(19)3)25(29)33-11-16-4-9-23-20(10-16)22(28)13-35(23,31)32/h4-6,9-10,14,18,30H,7-8,11-13H2,1-3H3/t18-/m0/s1. The van der Waals surface area contributed by atoms with Crippen LogP contribution in [0, 0.1) is 18.8 Å². The minimum Gasteiger partial charge on any atom is -0.461 e. The minimum atomic E-state index is -3.59. The molecule has 0 bridgehead atoms. The van der Waals surface area contributed by atoms with E-state index in [0.29, 0.717) is 35.2 Å². The van der Waals surface area contributed by atoms with E-state index in [4.69, 9.17) is 9.39 Å². The number of carbonyl (C=O) groups is 3. The Morgan fingerprint density at radius 2 is 1.94 bits per heavy atom. The van der Waals surface area contributed by atoms with Crippen LogP contribution in [0.5, 0.6) is 0 Å². The van der Waals surface area contributed by atoms with Crippen molar-refractivity contribution in [1.82, 2.24) is 0 Å². The molecule has 0 saturated heterocycles. The summed E-state index contributed by atoms with van der Waals surface area (Å²) >= 11 is 0. The van der Waals surface area contributed by atoms with E-state index in [1.807, 2.05) is 13.8 Å². The second kappa shape index (κ2) is 9.68. The van der Waals surface area contributed by atoms with Crippen molar-refractivity contribution in [3.05, 3.63) is 58.1 Å². The molecule has 2 aliphatic heterocycles. The van der Waals surface area contributed by atoms with Crippen LogP contribution in [0.1, 0.15) is 64.1 Å². The van der Waals surface area contributed by atoms with E-state index < -0.39 is 40.4 Å². The third kappa shape index (κ3) is 4.96. The average molecular weight is 498 g/mol. The lowest BCUT2D eigenvalue weighted by Crippen LogP contribution is -2.32. The normalized spacial score (nSPS) is 16.8. The number of benzene rings is 2. The number of carbonyl (C=O) groups excluding carboxylic acids is 3. The van der Waals surface area contributed by atoms with Crippen LogP contribution in [0.4, 0.5) is 0 Å². The van der Waals surface area contributed by atoms with E-state index in [-0.39, 0.29) is 35.2 Å².